The van der Waals surface area contributed by atoms with E-state index in [4.69, 9.17) is 0 Å². The standard InChI is InChI=1S/C43H57F3/c1-3-5-7-8-9-11-13-37-26-29-40(43(46)42(37)45)36-24-20-34(21-25-36)38-27-28-39(41(44)30-38)35-22-18-33(19-23-35)32-16-14-31(15-17-32)12-10-6-4-2/h20-21,24-33,35H,3-19,22-23H2,1-2H3. The first kappa shape index (κ1) is 34.8. The number of hydrogen-bond donors (Lipinski definition) is 0. The van der Waals surface area contributed by atoms with Crippen LogP contribution in [0.25, 0.3) is 22.3 Å². The van der Waals surface area contributed by atoms with Gasteiger partial charge in [0, 0.05) is 5.56 Å². The fourth-order valence-corrected chi connectivity index (χ4v) is 8.51. The molecule has 46 heavy (non-hydrogen) atoms. The number of unbranched alkanes of at least 4 members (excludes halogenated alkanes) is 7. The van der Waals surface area contributed by atoms with Gasteiger partial charge < -0.3 is 0 Å². The van der Waals surface area contributed by atoms with Gasteiger partial charge in [-0.3, -0.25) is 0 Å². The highest BCUT2D eigenvalue weighted by Crippen LogP contribution is 2.45. The zero-order chi connectivity index (χ0) is 32.3. The van der Waals surface area contributed by atoms with E-state index in [-0.39, 0.29) is 11.4 Å². The summed E-state index contributed by atoms with van der Waals surface area (Å²) in [6.45, 7) is 4.48. The van der Waals surface area contributed by atoms with Gasteiger partial charge in [0.05, 0.1) is 0 Å². The zero-order valence-corrected chi connectivity index (χ0v) is 28.6. The quantitative estimate of drug-likeness (QED) is 0.147. The van der Waals surface area contributed by atoms with Gasteiger partial charge in [0.15, 0.2) is 11.6 Å². The van der Waals surface area contributed by atoms with Gasteiger partial charge in [-0.05, 0) is 109 Å². The first-order valence-electron chi connectivity index (χ1n) is 18.9. The fraction of sp³-hybridized carbons (Fsp3) is 0.581. The van der Waals surface area contributed by atoms with Gasteiger partial charge >= 0.3 is 0 Å². The predicted molar refractivity (Wildman–Crippen MR) is 189 cm³/mol. The van der Waals surface area contributed by atoms with Crippen molar-refractivity contribution >= 4 is 0 Å². The van der Waals surface area contributed by atoms with Crippen LogP contribution in [0.4, 0.5) is 13.2 Å². The fourth-order valence-electron chi connectivity index (χ4n) is 8.51. The summed E-state index contributed by atoms with van der Waals surface area (Å²) in [5, 5.41) is 0. The third-order valence-corrected chi connectivity index (χ3v) is 11.5. The van der Waals surface area contributed by atoms with Crippen molar-refractivity contribution in [1.29, 1.82) is 0 Å². The van der Waals surface area contributed by atoms with Gasteiger partial charge in [-0.25, -0.2) is 13.2 Å². The smallest absolute Gasteiger partial charge is 0.166 e. The largest absolute Gasteiger partial charge is 0.207 e. The molecule has 0 radical (unpaired) electrons. The number of benzene rings is 3. The third-order valence-electron chi connectivity index (χ3n) is 11.5. The lowest BCUT2D eigenvalue weighted by Crippen LogP contribution is -2.25. The lowest BCUT2D eigenvalue weighted by molar-refractivity contribution is 0.155. The molecule has 0 nitrogen and oxygen atoms in total. The van der Waals surface area contributed by atoms with Gasteiger partial charge in [0.2, 0.25) is 0 Å². The van der Waals surface area contributed by atoms with E-state index in [0.29, 0.717) is 23.5 Å². The second kappa shape index (κ2) is 17.6. The summed E-state index contributed by atoms with van der Waals surface area (Å²) in [4.78, 5) is 0. The molecule has 0 bridgehead atoms. The number of aryl methyl sites for hydroxylation is 1. The first-order valence-corrected chi connectivity index (χ1v) is 18.9. The van der Waals surface area contributed by atoms with Gasteiger partial charge in [-0.2, -0.15) is 0 Å². The highest BCUT2D eigenvalue weighted by molar-refractivity contribution is 5.71. The van der Waals surface area contributed by atoms with Gasteiger partial charge in [0.25, 0.3) is 0 Å². The molecule has 0 spiro atoms. The minimum Gasteiger partial charge on any atom is -0.207 e. The van der Waals surface area contributed by atoms with Crippen LogP contribution in [0.2, 0.25) is 0 Å². The first-order chi connectivity index (χ1) is 22.5. The van der Waals surface area contributed by atoms with Crippen molar-refractivity contribution in [3.05, 3.63) is 83.2 Å². The van der Waals surface area contributed by atoms with E-state index in [2.05, 4.69) is 13.8 Å². The normalized spacial score (nSPS) is 21.8. The maximum Gasteiger partial charge on any atom is 0.166 e. The lowest BCUT2D eigenvalue weighted by atomic mass is 9.68. The van der Waals surface area contributed by atoms with E-state index in [1.807, 2.05) is 36.4 Å². The van der Waals surface area contributed by atoms with Crippen LogP contribution in [0.5, 0.6) is 0 Å². The Morgan fingerprint density at radius 2 is 1.13 bits per heavy atom. The van der Waals surface area contributed by atoms with Crippen molar-refractivity contribution in [2.24, 2.45) is 17.8 Å². The second-order valence-electron chi connectivity index (χ2n) is 14.6. The molecule has 0 heterocycles. The van der Waals surface area contributed by atoms with Crippen LogP contribution >= 0.6 is 0 Å². The molecule has 2 aliphatic rings. The van der Waals surface area contributed by atoms with Crippen molar-refractivity contribution < 1.29 is 13.2 Å². The van der Waals surface area contributed by atoms with Crippen molar-refractivity contribution in [2.45, 2.75) is 142 Å². The molecule has 5 rings (SSSR count). The molecule has 2 fully saturated rings. The molecule has 0 N–H and O–H groups in total. The highest BCUT2D eigenvalue weighted by atomic mass is 19.2. The lowest BCUT2D eigenvalue weighted by Gasteiger charge is -2.38. The van der Waals surface area contributed by atoms with Gasteiger partial charge in [0.1, 0.15) is 5.82 Å². The summed E-state index contributed by atoms with van der Waals surface area (Å²) in [5.41, 5.74) is 3.91. The predicted octanol–water partition coefficient (Wildman–Crippen LogP) is 14.0. The van der Waals surface area contributed by atoms with Gasteiger partial charge in [-0.15, -0.1) is 0 Å². The zero-order valence-electron chi connectivity index (χ0n) is 28.6. The summed E-state index contributed by atoms with van der Waals surface area (Å²) in [6.07, 6.45) is 23.1. The molecule has 3 aromatic carbocycles. The highest BCUT2D eigenvalue weighted by Gasteiger charge is 2.32. The summed E-state index contributed by atoms with van der Waals surface area (Å²) in [5.74, 6) is 1.34. The van der Waals surface area contributed by atoms with Crippen LogP contribution in [-0.4, -0.2) is 0 Å². The molecule has 2 aliphatic carbocycles. The van der Waals surface area contributed by atoms with Crippen LogP contribution in [0.3, 0.4) is 0 Å². The van der Waals surface area contributed by atoms with E-state index >= 15 is 8.78 Å². The second-order valence-corrected chi connectivity index (χ2v) is 14.6. The molecule has 0 aliphatic heterocycles. The molecule has 3 aromatic rings. The topological polar surface area (TPSA) is 0 Å². The Kier molecular flexibility index (Phi) is 13.3. The van der Waals surface area contributed by atoms with Crippen LogP contribution in [0, 0.1) is 35.2 Å². The van der Waals surface area contributed by atoms with Crippen LogP contribution < -0.4 is 0 Å². The van der Waals surface area contributed by atoms with E-state index < -0.39 is 11.6 Å². The minimum absolute atomic E-state index is 0.119. The average molecular weight is 631 g/mol. The molecular weight excluding hydrogens is 573 g/mol. The van der Waals surface area contributed by atoms with Crippen molar-refractivity contribution in [2.75, 3.05) is 0 Å². The molecule has 0 atom stereocenters. The van der Waals surface area contributed by atoms with Crippen LogP contribution in [0.1, 0.15) is 146 Å². The Hall–Kier alpha value is -2.55. The Bertz CT molecular complexity index is 1340. The van der Waals surface area contributed by atoms with Crippen molar-refractivity contribution in [1.82, 2.24) is 0 Å². The third kappa shape index (κ3) is 9.07. The van der Waals surface area contributed by atoms with E-state index in [9.17, 15) is 4.39 Å². The van der Waals surface area contributed by atoms with Crippen LogP contribution in [0.15, 0.2) is 54.6 Å². The summed E-state index contributed by atoms with van der Waals surface area (Å²) < 4.78 is 45.5. The van der Waals surface area contributed by atoms with E-state index in [1.165, 1.54) is 83.5 Å². The Morgan fingerprint density at radius 3 is 1.80 bits per heavy atom. The van der Waals surface area contributed by atoms with Crippen molar-refractivity contribution in [3.63, 3.8) is 0 Å². The molecule has 0 unspecified atom stereocenters. The molecule has 3 heteroatoms. The van der Waals surface area contributed by atoms with Gasteiger partial charge in [-0.1, -0.05) is 133 Å². The SMILES string of the molecule is CCCCCCCCc1ccc(-c2ccc(-c3ccc(C4CCC(C5CCC(CCCCC)CC5)CC4)c(F)c3)cc2)c(F)c1F. The molecule has 0 saturated heterocycles. The molecule has 250 valence electrons. The molecule has 2 saturated carbocycles. The van der Waals surface area contributed by atoms with Crippen LogP contribution in [-0.2, 0) is 6.42 Å². The van der Waals surface area contributed by atoms with Crippen molar-refractivity contribution in [3.8, 4) is 22.3 Å². The summed E-state index contributed by atoms with van der Waals surface area (Å²) >= 11 is 0. The maximum atomic E-state index is 15.5. The van der Waals surface area contributed by atoms with E-state index in [0.717, 1.165) is 66.5 Å². The number of hydrogen-bond acceptors (Lipinski definition) is 0. The average Bonchev–Trinajstić information content (AvgIpc) is 3.09. The monoisotopic (exact) mass is 630 g/mol. The summed E-state index contributed by atoms with van der Waals surface area (Å²) in [7, 11) is 0. The summed E-state index contributed by atoms with van der Waals surface area (Å²) in [6, 6.07) is 16.5. The maximum absolute atomic E-state index is 15.5. The molecule has 0 amide bonds. The Balaban J connectivity index is 1.13. The van der Waals surface area contributed by atoms with E-state index in [1.54, 1.807) is 18.2 Å². The molecular formula is C43H57F3. The number of rotatable bonds is 15. The Labute approximate surface area is 277 Å². The molecule has 0 aromatic heterocycles. The number of halogens is 3. The minimum atomic E-state index is -0.781. The Morgan fingerprint density at radius 1 is 0.543 bits per heavy atom.